The predicted molar refractivity (Wildman–Crippen MR) is 66.5 cm³/mol. The van der Waals surface area contributed by atoms with E-state index in [4.69, 9.17) is 20.8 Å². The van der Waals surface area contributed by atoms with Gasteiger partial charge in [0.15, 0.2) is 6.61 Å². The van der Waals surface area contributed by atoms with Crippen LogP contribution in [0.1, 0.15) is 16.8 Å². The number of ether oxygens (including phenoxy) is 1. The lowest BCUT2D eigenvalue weighted by Crippen LogP contribution is -2.29. The van der Waals surface area contributed by atoms with Gasteiger partial charge in [0.25, 0.3) is 5.91 Å². The van der Waals surface area contributed by atoms with Crippen LogP contribution in [0, 0.1) is 11.3 Å². The van der Waals surface area contributed by atoms with E-state index >= 15 is 0 Å². The molecule has 0 saturated carbocycles. The standard InChI is InChI=1S/C12H13N3O4/c13-4-1-5-15-11(16)7-19-10-6-8(12(17)18)2-3-9(10)14/h2-3,6H,1,5,7,14H2,(H,15,16)(H,17,18). The average molecular weight is 263 g/mol. The third-order valence-corrected chi connectivity index (χ3v) is 2.18. The van der Waals surface area contributed by atoms with Gasteiger partial charge in [-0.05, 0) is 18.2 Å². The second-order valence-corrected chi connectivity index (χ2v) is 3.60. The summed E-state index contributed by atoms with van der Waals surface area (Å²) in [6.07, 6.45) is 0.211. The fourth-order valence-corrected chi connectivity index (χ4v) is 1.24. The van der Waals surface area contributed by atoms with Crippen molar-refractivity contribution in [3.05, 3.63) is 23.8 Å². The van der Waals surface area contributed by atoms with Crippen LogP contribution in [0.25, 0.3) is 0 Å². The molecule has 1 rings (SSSR count). The van der Waals surface area contributed by atoms with Crippen LogP contribution in [0.3, 0.4) is 0 Å². The minimum absolute atomic E-state index is 0.0223. The first-order valence-electron chi connectivity index (χ1n) is 5.44. The number of nitrogen functional groups attached to an aromatic ring is 1. The molecule has 1 amide bonds. The highest BCUT2D eigenvalue weighted by Gasteiger charge is 2.09. The number of benzene rings is 1. The molecule has 0 aromatic heterocycles. The van der Waals surface area contributed by atoms with Crippen LogP contribution in [-0.2, 0) is 4.79 Å². The molecule has 0 atom stereocenters. The maximum absolute atomic E-state index is 11.3. The summed E-state index contributed by atoms with van der Waals surface area (Å²) in [7, 11) is 0. The Labute approximate surface area is 109 Å². The van der Waals surface area contributed by atoms with Crippen molar-refractivity contribution in [3.63, 3.8) is 0 Å². The number of hydrogen-bond donors (Lipinski definition) is 3. The molecule has 0 bridgehead atoms. The number of nitrogens with two attached hydrogens (primary N) is 1. The van der Waals surface area contributed by atoms with Gasteiger partial charge in [-0.25, -0.2) is 4.79 Å². The van der Waals surface area contributed by atoms with Gasteiger partial charge >= 0.3 is 5.97 Å². The van der Waals surface area contributed by atoms with Crippen molar-refractivity contribution in [1.29, 1.82) is 5.26 Å². The van der Waals surface area contributed by atoms with Crippen LogP contribution in [0.2, 0.25) is 0 Å². The molecule has 0 radical (unpaired) electrons. The largest absolute Gasteiger partial charge is 0.482 e. The number of amides is 1. The molecule has 0 heterocycles. The summed E-state index contributed by atoms with van der Waals surface area (Å²) in [5, 5.41) is 19.6. The Balaban J connectivity index is 2.57. The van der Waals surface area contributed by atoms with Gasteiger partial charge in [0.2, 0.25) is 0 Å². The SMILES string of the molecule is N#CCCNC(=O)COc1cc(C(=O)O)ccc1N. The fraction of sp³-hybridized carbons (Fsp3) is 0.250. The van der Waals surface area contributed by atoms with E-state index in [1.54, 1.807) is 0 Å². The number of nitriles is 1. The third-order valence-electron chi connectivity index (χ3n) is 2.18. The molecule has 0 fully saturated rings. The van der Waals surface area contributed by atoms with Crippen molar-refractivity contribution in [2.24, 2.45) is 0 Å². The Kier molecular flexibility index (Phi) is 5.17. The zero-order valence-electron chi connectivity index (χ0n) is 10.0. The second kappa shape index (κ2) is 6.86. The molecule has 0 aliphatic heterocycles. The molecule has 0 unspecified atom stereocenters. The van der Waals surface area contributed by atoms with E-state index in [0.29, 0.717) is 0 Å². The molecule has 19 heavy (non-hydrogen) atoms. The molecule has 7 nitrogen and oxygen atoms in total. The first kappa shape index (κ1) is 14.3. The van der Waals surface area contributed by atoms with Crippen LogP contribution >= 0.6 is 0 Å². The number of anilines is 1. The summed E-state index contributed by atoms with van der Waals surface area (Å²) in [4.78, 5) is 22.1. The number of carbonyl (C=O) groups is 2. The lowest BCUT2D eigenvalue weighted by atomic mass is 10.2. The minimum Gasteiger partial charge on any atom is -0.482 e. The molecule has 0 spiro atoms. The Morgan fingerprint density at radius 3 is 2.84 bits per heavy atom. The van der Waals surface area contributed by atoms with Crippen molar-refractivity contribution in [3.8, 4) is 11.8 Å². The Morgan fingerprint density at radius 2 is 2.21 bits per heavy atom. The number of carbonyl (C=O) groups excluding carboxylic acids is 1. The molecule has 0 saturated heterocycles. The molecule has 1 aromatic carbocycles. The summed E-state index contributed by atoms with van der Waals surface area (Å²) in [6.45, 7) is -0.0535. The zero-order chi connectivity index (χ0) is 14.3. The highest BCUT2D eigenvalue weighted by molar-refractivity contribution is 5.89. The molecular formula is C12H13N3O4. The summed E-state index contributed by atoms with van der Waals surface area (Å²) in [6, 6.07) is 5.88. The van der Waals surface area contributed by atoms with Crippen molar-refractivity contribution < 1.29 is 19.4 Å². The van der Waals surface area contributed by atoms with Crippen molar-refractivity contribution in [1.82, 2.24) is 5.32 Å². The van der Waals surface area contributed by atoms with Crippen LogP contribution in [0.5, 0.6) is 5.75 Å². The number of carboxylic acids is 1. The monoisotopic (exact) mass is 263 g/mol. The number of nitrogens with one attached hydrogen (secondary N) is 1. The number of aromatic carboxylic acids is 1. The van der Waals surface area contributed by atoms with Gasteiger partial charge in [0, 0.05) is 6.54 Å². The van der Waals surface area contributed by atoms with Crippen LogP contribution in [0.15, 0.2) is 18.2 Å². The van der Waals surface area contributed by atoms with Crippen molar-refractivity contribution >= 4 is 17.6 Å². The highest BCUT2D eigenvalue weighted by Crippen LogP contribution is 2.22. The topological polar surface area (TPSA) is 125 Å². The van der Waals surface area contributed by atoms with Crippen LogP contribution in [-0.4, -0.2) is 30.1 Å². The number of carboxylic acid groups (broad SMARTS) is 1. The molecule has 0 aliphatic carbocycles. The Hall–Kier alpha value is -2.75. The number of nitrogens with zero attached hydrogens (tertiary/aromatic N) is 1. The van der Waals surface area contributed by atoms with Crippen LogP contribution in [0.4, 0.5) is 5.69 Å². The van der Waals surface area contributed by atoms with Gasteiger partial charge in [0.05, 0.1) is 23.7 Å². The molecule has 1 aromatic rings. The first-order chi connectivity index (χ1) is 9.04. The highest BCUT2D eigenvalue weighted by atomic mass is 16.5. The summed E-state index contributed by atoms with van der Waals surface area (Å²) in [5.41, 5.74) is 5.87. The number of hydrogen-bond acceptors (Lipinski definition) is 5. The van der Waals surface area contributed by atoms with Gasteiger partial charge in [0.1, 0.15) is 5.75 Å². The molecule has 100 valence electrons. The lowest BCUT2D eigenvalue weighted by molar-refractivity contribution is -0.123. The molecule has 7 heteroatoms. The van der Waals surface area contributed by atoms with Gasteiger partial charge in [-0.15, -0.1) is 0 Å². The normalized spacial score (nSPS) is 9.42. The molecular weight excluding hydrogens is 250 g/mol. The van der Waals surface area contributed by atoms with Gasteiger partial charge in [-0.2, -0.15) is 5.26 Å². The van der Waals surface area contributed by atoms with Gasteiger partial charge in [-0.3, -0.25) is 4.79 Å². The van der Waals surface area contributed by atoms with E-state index in [1.165, 1.54) is 18.2 Å². The van der Waals surface area contributed by atoms with Gasteiger partial charge in [-0.1, -0.05) is 0 Å². The predicted octanol–water partition coefficient (Wildman–Crippen LogP) is 0.376. The van der Waals surface area contributed by atoms with Gasteiger partial charge < -0.3 is 20.9 Å². The Bertz CT molecular complexity index is 522. The van der Waals surface area contributed by atoms with E-state index in [0.717, 1.165) is 0 Å². The average Bonchev–Trinajstić information content (AvgIpc) is 2.37. The fourth-order valence-electron chi connectivity index (χ4n) is 1.24. The quantitative estimate of drug-likeness (QED) is 0.503. The summed E-state index contributed by atoms with van der Waals surface area (Å²) in [5.74, 6) is -1.38. The maximum Gasteiger partial charge on any atom is 0.335 e. The zero-order valence-corrected chi connectivity index (χ0v) is 10.0. The Morgan fingerprint density at radius 1 is 1.47 bits per heavy atom. The van der Waals surface area contributed by atoms with E-state index in [9.17, 15) is 9.59 Å². The van der Waals surface area contributed by atoms with E-state index in [1.807, 2.05) is 6.07 Å². The number of rotatable bonds is 6. The molecule has 0 aliphatic rings. The van der Waals surface area contributed by atoms with Crippen molar-refractivity contribution in [2.45, 2.75) is 6.42 Å². The van der Waals surface area contributed by atoms with Crippen LogP contribution < -0.4 is 15.8 Å². The molecule has 4 N–H and O–H groups in total. The van der Waals surface area contributed by atoms with E-state index < -0.39 is 11.9 Å². The summed E-state index contributed by atoms with van der Waals surface area (Å²) >= 11 is 0. The van der Waals surface area contributed by atoms with E-state index in [-0.39, 0.29) is 36.6 Å². The van der Waals surface area contributed by atoms with Crippen molar-refractivity contribution in [2.75, 3.05) is 18.9 Å². The smallest absolute Gasteiger partial charge is 0.335 e. The first-order valence-corrected chi connectivity index (χ1v) is 5.44. The second-order valence-electron chi connectivity index (χ2n) is 3.60. The maximum atomic E-state index is 11.3. The summed E-state index contributed by atoms with van der Waals surface area (Å²) < 4.78 is 5.14. The minimum atomic E-state index is -1.11. The lowest BCUT2D eigenvalue weighted by Gasteiger charge is -2.09. The third kappa shape index (κ3) is 4.55. The van der Waals surface area contributed by atoms with E-state index in [2.05, 4.69) is 5.32 Å².